The molecule has 2 aromatic heterocycles. The molecule has 17 heavy (non-hydrogen) atoms. The van der Waals surface area contributed by atoms with Crippen LogP contribution in [0.15, 0.2) is 18.0 Å². The summed E-state index contributed by atoms with van der Waals surface area (Å²) >= 11 is 1.32. The fraction of sp³-hybridized carbons (Fsp3) is 0.400. The maximum absolute atomic E-state index is 11.9. The van der Waals surface area contributed by atoms with Gasteiger partial charge in [0, 0.05) is 7.05 Å². The Hall–Kier alpha value is -1.76. The Labute approximate surface area is 103 Å². The smallest absolute Gasteiger partial charge is 0.263 e. The first kappa shape index (κ1) is 11.7. The Kier molecular flexibility index (Phi) is 3.48. The lowest BCUT2D eigenvalue weighted by molar-refractivity contribution is 0.0937. The molecule has 1 atom stereocenters. The quantitative estimate of drug-likeness (QED) is 0.884. The molecule has 90 valence electrons. The summed E-state index contributed by atoms with van der Waals surface area (Å²) in [5, 5.41) is 6.92. The van der Waals surface area contributed by atoms with E-state index in [-0.39, 0.29) is 11.9 Å². The second-order valence-corrected chi connectivity index (χ2v) is 4.43. The van der Waals surface area contributed by atoms with E-state index in [4.69, 9.17) is 0 Å². The van der Waals surface area contributed by atoms with Crippen molar-refractivity contribution in [2.24, 2.45) is 7.05 Å². The fourth-order valence-electron chi connectivity index (χ4n) is 1.53. The lowest BCUT2D eigenvalue weighted by Crippen LogP contribution is -2.29. The highest BCUT2D eigenvalue weighted by atomic mass is 32.1. The van der Waals surface area contributed by atoms with Gasteiger partial charge in [0.2, 0.25) is 0 Å². The van der Waals surface area contributed by atoms with E-state index in [9.17, 15) is 4.79 Å². The normalized spacial score (nSPS) is 12.4. The molecule has 0 aromatic carbocycles. The second kappa shape index (κ2) is 5.05. The van der Waals surface area contributed by atoms with Crippen molar-refractivity contribution in [1.29, 1.82) is 0 Å². The molecule has 2 aromatic rings. The summed E-state index contributed by atoms with van der Waals surface area (Å²) in [5.74, 6) is 0.632. The van der Waals surface area contributed by atoms with E-state index < -0.39 is 0 Å². The van der Waals surface area contributed by atoms with E-state index in [1.807, 2.05) is 14.0 Å². The SMILES string of the molecule is CC[C@H](NC(=O)c1cncs1)c1ncnn1C. The van der Waals surface area contributed by atoms with Gasteiger partial charge in [-0.05, 0) is 6.42 Å². The van der Waals surface area contributed by atoms with Crippen LogP contribution in [0.2, 0.25) is 0 Å². The van der Waals surface area contributed by atoms with Crippen LogP contribution in [0.4, 0.5) is 0 Å². The van der Waals surface area contributed by atoms with E-state index in [1.54, 1.807) is 16.4 Å². The number of hydrogen-bond acceptors (Lipinski definition) is 5. The van der Waals surface area contributed by atoms with Gasteiger partial charge in [-0.25, -0.2) is 4.98 Å². The maximum Gasteiger partial charge on any atom is 0.263 e. The largest absolute Gasteiger partial charge is 0.341 e. The van der Waals surface area contributed by atoms with E-state index in [1.165, 1.54) is 17.7 Å². The van der Waals surface area contributed by atoms with E-state index in [0.717, 1.165) is 12.2 Å². The van der Waals surface area contributed by atoms with Crippen LogP contribution in [-0.2, 0) is 7.05 Å². The molecule has 0 aliphatic carbocycles. The monoisotopic (exact) mass is 251 g/mol. The van der Waals surface area contributed by atoms with Gasteiger partial charge in [0.05, 0.1) is 17.7 Å². The third kappa shape index (κ3) is 2.50. The summed E-state index contributed by atoms with van der Waals surface area (Å²) in [5.41, 5.74) is 1.64. The van der Waals surface area contributed by atoms with Crippen molar-refractivity contribution in [3.05, 3.63) is 28.7 Å². The molecular weight excluding hydrogens is 238 g/mol. The number of carbonyl (C=O) groups excluding carboxylic acids is 1. The van der Waals surface area contributed by atoms with Crippen LogP contribution in [0.1, 0.15) is 34.9 Å². The van der Waals surface area contributed by atoms with Gasteiger partial charge in [-0.1, -0.05) is 6.92 Å². The number of thiazole rings is 1. The van der Waals surface area contributed by atoms with Gasteiger partial charge in [-0.15, -0.1) is 11.3 Å². The van der Waals surface area contributed by atoms with Crippen molar-refractivity contribution in [1.82, 2.24) is 25.1 Å². The number of hydrogen-bond donors (Lipinski definition) is 1. The van der Waals surface area contributed by atoms with E-state index in [0.29, 0.717) is 4.88 Å². The Morgan fingerprint density at radius 3 is 3.00 bits per heavy atom. The van der Waals surface area contributed by atoms with Crippen molar-refractivity contribution in [2.75, 3.05) is 0 Å². The Morgan fingerprint density at radius 2 is 2.47 bits per heavy atom. The minimum Gasteiger partial charge on any atom is -0.341 e. The predicted octanol–water partition coefficient (Wildman–Crippen LogP) is 1.15. The van der Waals surface area contributed by atoms with Crippen LogP contribution < -0.4 is 5.32 Å². The number of amides is 1. The average molecular weight is 251 g/mol. The van der Waals surface area contributed by atoms with Gasteiger partial charge in [0.25, 0.3) is 5.91 Å². The molecule has 0 unspecified atom stereocenters. The highest BCUT2D eigenvalue weighted by Crippen LogP contribution is 2.14. The van der Waals surface area contributed by atoms with Gasteiger partial charge < -0.3 is 5.32 Å². The van der Waals surface area contributed by atoms with Gasteiger partial charge in [-0.2, -0.15) is 5.10 Å². The van der Waals surface area contributed by atoms with E-state index >= 15 is 0 Å². The zero-order chi connectivity index (χ0) is 12.3. The van der Waals surface area contributed by atoms with Crippen LogP contribution >= 0.6 is 11.3 Å². The fourth-order valence-corrected chi connectivity index (χ4v) is 2.05. The van der Waals surface area contributed by atoms with Gasteiger partial charge in [-0.3, -0.25) is 14.5 Å². The number of rotatable bonds is 4. The predicted molar refractivity (Wildman–Crippen MR) is 63.6 cm³/mol. The van der Waals surface area contributed by atoms with Crippen molar-refractivity contribution >= 4 is 17.2 Å². The van der Waals surface area contributed by atoms with Crippen LogP contribution in [0.3, 0.4) is 0 Å². The zero-order valence-corrected chi connectivity index (χ0v) is 10.4. The first-order chi connectivity index (χ1) is 8.22. The second-order valence-electron chi connectivity index (χ2n) is 3.54. The molecular formula is C10H13N5OS. The van der Waals surface area contributed by atoms with Crippen LogP contribution in [-0.4, -0.2) is 25.7 Å². The number of aromatic nitrogens is 4. The van der Waals surface area contributed by atoms with Crippen molar-refractivity contribution < 1.29 is 4.79 Å². The third-order valence-electron chi connectivity index (χ3n) is 2.43. The zero-order valence-electron chi connectivity index (χ0n) is 9.62. The van der Waals surface area contributed by atoms with E-state index in [2.05, 4.69) is 20.4 Å². The number of nitrogens with one attached hydrogen (secondary N) is 1. The van der Waals surface area contributed by atoms with Gasteiger partial charge in [0.15, 0.2) is 0 Å². The number of carbonyl (C=O) groups is 1. The molecule has 0 aliphatic rings. The molecule has 2 rings (SSSR count). The minimum atomic E-state index is -0.128. The summed E-state index contributed by atoms with van der Waals surface area (Å²) in [6.07, 6.45) is 3.80. The summed E-state index contributed by atoms with van der Waals surface area (Å²) in [6.45, 7) is 1.99. The lowest BCUT2D eigenvalue weighted by atomic mass is 10.2. The average Bonchev–Trinajstić information content (AvgIpc) is 2.96. The molecule has 0 saturated carbocycles. The molecule has 0 fully saturated rings. The molecule has 0 spiro atoms. The topological polar surface area (TPSA) is 72.7 Å². The van der Waals surface area contributed by atoms with Crippen LogP contribution in [0.5, 0.6) is 0 Å². The summed E-state index contributed by atoms with van der Waals surface area (Å²) < 4.78 is 1.67. The van der Waals surface area contributed by atoms with Crippen LogP contribution in [0.25, 0.3) is 0 Å². The Morgan fingerprint density at radius 1 is 1.65 bits per heavy atom. The van der Waals surface area contributed by atoms with Crippen LogP contribution in [0, 0.1) is 0 Å². The molecule has 0 bridgehead atoms. The van der Waals surface area contributed by atoms with Gasteiger partial charge in [0.1, 0.15) is 17.0 Å². The molecule has 0 radical (unpaired) electrons. The molecule has 1 amide bonds. The summed E-state index contributed by atoms with van der Waals surface area (Å²) in [7, 11) is 1.81. The lowest BCUT2D eigenvalue weighted by Gasteiger charge is -2.15. The summed E-state index contributed by atoms with van der Waals surface area (Å²) in [6, 6.07) is -0.128. The minimum absolute atomic E-state index is 0.123. The van der Waals surface area contributed by atoms with Crippen molar-refractivity contribution in [3.63, 3.8) is 0 Å². The highest BCUT2D eigenvalue weighted by molar-refractivity contribution is 7.11. The van der Waals surface area contributed by atoms with Gasteiger partial charge >= 0.3 is 0 Å². The molecule has 0 saturated heterocycles. The number of nitrogens with zero attached hydrogens (tertiary/aromatic N) is 4. The molecule has 0 aliphatic heterocycles. The first-order valence-corrected chi connectivity index (χ1v) is 6.13. The third-order valence-corrected chi connectivity index (χ3v) is 3.20. The standard InChI is InChI=1S/C10H13N5OS/c1-3-7(9-12-5-13-15(9)2)14-10(16)8-4-11-6-17-8/h4-7H,3H2,1-2H3,(H,14,16)/t7-/m0/s1. The Balaban J connectivity index is 2.11. The van der Waals surface area contributed by atoms with Crippen molar-refractivity contribution in [3.8, 4) is 0 Å². The number of aryl methyl sites for hydroxylation is 1. The molecule has 1 N–H and O–H groups in total. The summed E-state index contributed by atoms with van der Waals surface area (Å²) in [4.78, 5) is 20.5. The Bertz CT molecular complexity index is 493. The first-order valence-electron chi connectivity index (χ1n) is 5.25. The molecule has 2 heterocycles. The maximum atomic E-state index is 11.9. The molecule has 7 heteroatoms. The van der Waals surface area contributed by atoms with Crippen molar-refractivity contribution in [2.45, 2.75) is 19.4 Å². The highest BCUT2D eigenvalue weighted by Gasteiger charge is 2.18. The molecule has 6 nitrogen and oxygen atoms in total.